The lowest BCUT2D eigenvalue weighted by molar-refractivity contribution is -0.133. The van der Waals surface area contributed by atoms with Crippen molar-refractivity contribution < 1.29 is 14.7 Å². The quantitative estimate of drug-likeness (QED) is 0.890. The minimum Gasteiger partial charge on any atom is -0.478 e. The summed E-state index contributed by atoms with van der Waals surface area (Å²) in [6, 6.07) is 17.1. The molecular formula is C20H21NO3S. The molecule has 1 atom stereocenters. The van der Waals surface area contributed by atoms with E-state index in [-0.39, 0.29) is 17.5 Å². The van der Waals surface area contributed by atoms with Gasteiger partial charge in [0.25, 0.3) is 0 Å². The summed E-state index contributed by atoms with van der Waals surface area (Å²) in [4.78, 5) is 25.6. The van der Waals surface area contributed by atoms with Crippen molar-refractivity contribution in [3.8, 4) is 0 Å². The SMILES string of the molecule is O=C(O)c1ccc(CCC(=O)N2CCSCC2c2ccccc2)cc1. The fourth-order valence-corrected chi connectivity index (χ4v) is 4.15. The van der Waals surface area contributed by atoms with E-state index in [1.54, 1.807) is 24.3 Å². The minimum absolute atomic E-state index is 0.141. The van der Waals surface area contributed by atoms with Gasteiger partial charge in [0.15, 0.2) is 0 Å². The Morgan fingerprint density at radius 1 is 1.08 bits per heavy atom. The van der Waals surface area contributed by atoms with Crippen LogP contribution in [-0.4, -0.2) is 39.9 Å². The second-order valence-corrected chi connectivity index (χ2v) is 7.24. The number of thioether (sulfide) groups is 1. The first-order chi connectivity index (χ1) is 12.1. The van der Waals surface area contributed by atoms with Crippen LogP contribution in [0.4, 0.5) is 0 Å². The molecule has 1 unspecified atom stereocenters. The predicted molar refractivity (Wildman–Crippen MR) is 99.9 cm³/mol. The van der Waals surface area contributed by atoms with Crippen molar-refractivity contribution in [1.82, 2.24) is 4.90 Å². The highest BCUT2D eigenvalue weighted by molar-refractivity contribution is 7.99. The Morgan fingerprint density at radius 2 is 1.80 bits per heavy atom. The van der Waals surface area contributed by atoms with Gasteiger partial charge < -0.3 is 10.0 Å². The van der Waals surface area contributed by atoms with Gasteiger partial charge in [0, 0.05) is 24.5 Å². The van der Waals surface area contributed by atoms with Crippen molar-refractivity contribution in [2.75, 3.05) is 18.1 Å². The number of nitrogens with zero attached hydrogens (tertiary/aromatic N) is 1. The normalized spacial score (nSPS) is 17.3. The Bertz CT molecular complexity index is 730. The average Bonchev–Trinajstić information content (AvgIpc) is 2.67. The molecule has 25 heavy (non-hydrogen) atoms. The Labute approximate surface area is 151 Å². The maximum atomic E-state index is 12.8. The van der Waals surface area contributed by atoms with Gasteiger partial charge in [0.05, 0.1) is 11.6 Å². The lowest BCUT2D eigenvalue weighted by Gasteiger charge is -2.36. The minimum atomic E-state index is -0.931. The van der Waals surface area contributed by atoms with Crippen LogP contribution in [0.15, 0.2) is 54.6 Å². The van der Waals surface area contributed by atoms with Crippen molar-refractivity contribution in [2.45, 2.75) is 18.9 Å². The molecule has 5 heteroatoms. The van der Waals surface area contributed by atoms with Crippen molar-refractivity contribution in [3.63, 3.8) is 0 Å². The van der Waals surface area contributed by atoms with Crippen LogP contribution in [0.3, 0.4) is 0 Å². The van der Waals surface area contributed by atoms with E-state index in [0.717, 1.165) is 23.6 Å². The van der Waals surface area contributed by atoms with E-state index in [1.807, 2.05) is 34.9 Å². The number of carbonyl (C=O) groups excluding carboxylic acids is 1. The van der Waals surface area contributed by atoms with E-state index in [4.69, 9.17) is 5.11 Å². The molecule has 4 nitrogen and oxygen atoms in total. The fraction of sp³-hybridized carbons (Fsp3) is 0.300. The zero-order valence-electron chi connectivity index (χ0n) is 13.9. The number of aryl methyl sites for hydroxylation is 1. The summed E-state index contributed by atoms with van der Waals surface area (Å²) in [5.41, 5.74) is 2.45. The molecule has 130 valence electrons. The van der Waals surface area contributed by atoms with Gasteiger partial charge in [-0.25, -0.2) is 4.79 Å². The number of hydrogen-bond acceptors (Lipinski definition) is 3. The van der Waals surface area contributed by atoms with E-state index in [9.17, 15) is 9.59 Å². The molecule has 3 rings (SSSR count). The van der Waals surface area contributed by atoms with Gasteiger partial charge in [0.2, 0.25) is 5.91 Å². The number of hydrogen-bond donors (Lipinski definition) is 1. The molecule has 0 saturated carbocycles. The molecule has 1 aliphatic rings. The standard InChI is InChI=1S/C20H21NO3S/c22-19(11-8-15-6-9-17(10-7-15)20(23)24)21-12-13-25-14-18(21)16-4-2-1-3-5-16/h1-7,9-10,18H,8,11-14H2,(H,23,24). The van der Waals surface area contributed by atoms with Gasteiger partial charge in [-0.15, -0.1) is 0 Å². The summed E-state index contributed by atoms with van der Waals surface area (Å²) >= 11 is 1.89. The molecule has 1 heterocycles. The molecule has 0 spiro atoms. The third-order valence-electron chi connectivity index (χ3n) is 4.46. The second-order valence-electron chi connectivity index (χ2n) is 6.09. The molecule has 0 bridgehead atoms. The van der Waals surface area contributed by atoms with E-state index < -0.39 is 5.97 Å². The zero-order valence-corrected chi connectivity index (χ0v) is 14.7. The maximum Gasteiger partial charge on any atom is 0.335 e. The smallest absolute Gasteiger partial charge is 0.335 e. The lowest BCUT2D eigenvalue weighted by Crippen LogP contribution is -2.40. The molecule has 2 aromatic carbocycles. The third-order valence-corrected chi connectivity index (χ3v) is 5.48. The highest BCUT2D eigenvalue weighted by atomic mass is 32.2. The summed E-state index contributed by atoms with van der Waals surface area (Å²) in [5.74, 6) is 1.14. The summed E-state index contributed by atoms with van der Waals surface area (Å²) < 4.78 is 0. The highest BCUT2D eigenvalue weighted by Gasteiger charge is 2.27. The zero-order chi connectivity index (χ0) is 17.6. The summed E-state index contributed by atoms with van der Waals surface area (Å²) in [6.45, 7) is 0.779. The van der Waals surface area contributed by atoms with Crippen LogP contribution in [-0.2, 0) is 11.2 Å². The maximum absolute atomic E-state index is 12.8. The molecule has 0 aromatic heterocycles. The molecule has 1 saturated heterocycles. The molecule has 1 N–H and O–H groups in total. The predicted octanol–water partition coefficient (Wildman–Crippen LogP) is 3.63. The van der Waals surface area contributed by atoms with Crippen LogP contribution >= 0.6 is 11.8 Å². The monoisotopic (exact) mass is 355 g/mol. The molecule has 1 fully saturated rings. The molecule has 1 aliphatic heterocycles. The number of carboxylic acid groups (broad SMARTS) is 1. The van der Waals surface area contributed by atoms with E-state index in [0.29, 0.717) is 12.8 Å². The first-order valence-electron chi connectivity index (χ1n) is 8.39. The number of amides is 1. The Balaban J connectivity index is 1.63. The summed E-state index contributed by atoms with van der Waals surface area (Å²) in [6.07, 6.45) is 1.07. The fourth-order valence-electron chi connectivity index (χ4n) is 3.06. The molecule has 0 aliphatic carbocycles. The van der Waals surface area contributed by atoms with Gasteiger partial charge in [-0.2, -0.15) is 11.8 Å². The first kappa shape index (κ1) is 17.5. The number of aromatic carboxylic acids is 1. The van der Waals surface area contributed by atoms with Crippen LogP contribution < -0.4 is 0 Å². The van der Waals surface area contributed by atoms with Crippen LogP contribution in [0.1, 0.15) is 33.9 Å². The molecule has 0 radical (unpaired) electrons. The molecule has 2 aromatic rings. The topological polar surface area (TPSA) is 57.6 Å². The van der Waals surface area contributed by atoms with E-state index >= 15 is 0 Å². The Hall–Kier alpha value is -2.27. The number of carboxylic acids is 1. The highest BCUT2D eigenvalue weighted by Crippen LogP contribution is 2.30. The van der Waals surface area contributed by atoms with Crippen molar-refractivity contribution in [2.24, 2.45) is 0 Å². The van der Waals surface area contributed by atoms with Gasteiger partial charge >= 0.3 is 5.97 Å². The largest absolute Gasteiger partial charge is 0.478 e. The van der Waals surface area contributed by atoms with Crippen LogP contribution in [0.2, 0.25) is 0 Å². The second kappa shape index (κ2) is 8.21. The van der Waals surface area contributed by atoms with Gasteiger partial charge in [-0.1, -0.05) is 42.5 Å². The van der Waals surface area contributed by atoms with Crippen LogP contribution in [0, 0.1) is 0 Å². The number of benzene rings is 2. The van der Waals surface area contributed by atoms with Gasteiger partial charge in [0.1, 0.15) is 0 Å². The number of carbonyl (C=O) groups is 2. The third kappa shape index (κ3) is 4.42. The van der Waals surface area contributed by atoms with E-state index in [1.165, 1.54) is 5.56 Å². The Morgan fingerprint density at radius 3 is 2.48 bits per heavy atom. The molecular weight excluding hydrogens is 334 g/mol. The van der Waals surface area contributed by atoms with Gasteiger partial charge in [-0.3, -0.25) is 4.79 Å². The lowest BCUT2D eigenvalue weighted by atomic mass is 10.0. The summed E-state index contributed by atoms with van der Waals surface area (Å²) in [5, 5.41) is 8.94. The average molecular weight is 355 g/mol. The van der Waals surface area contributed by atoms with Crippen molar-refractivity contribution in [1.29, 1.82) is 0 Å². The van der Waals surface area contributed by atoms with Crippen molar-refractivity contribution in [3.05, 3.63) is 71.3 Å². The summed E-state index contributed by atoms with van der Waals surface area (Å²) in [7, 11) is 0. The first-order valence-corrected chi connectivity index (χ1v) is 9.55. The number of rotatable bonds is 5. The van der Waals surface area contributed by atoms with E-state index in [2.05, 4.69) is 12.1 Å². The van der Waals surface area contributed by atoms with Crippen molar-refractivity contribution >= 4 is 23.6 Å². The Kier molecular flexibility index (Phi) is 5.76. The molecule has 1 amide bonds. The van der Waals surface area contributed by atoms with Crippen LogP contribution in [0.5, 0.6) is 0 Å². The van der Waals surface area contributed by atoms with Crippen LogP contribution in [0.25, 0.3) is 0 Å². The van der Waals surface area contributed by atoms with Gasteiger partial charge in [-0.05, 0) is 29.7 Å².